The molecule has 72 valence electrons. The summed E-state index contributed by atoms with van der Waals surface area (Å²) >= 11 is 0. The minimum atomic E-state index is -0.0644. The highest BCUT2D eigenvalue weighted by Gasteiger charge is 2.03. The van der Waals surface area contributed by atoms with Crippen LogP contribution >= 0.6 is 0 Å². The van der Waals surface area contributed by atoms with Crippen molar-refractivity contribution in [2.24, 2.45) is 0 Å². The van der Waals surface area contributed by atoms with E-state index in [9.17, 15) is 4.79 Å². The predicted octanol–water partition coefficient (Wildman–Crippen LogP) is -0.305. The summed E-state index contributed by atoms with van der Waals surface area (Å²) in [5, 5.41) is 8.74. The second-order valence-electron chi connectivity index (χ2n) is 2.94. The van der Waals surface area contributed by atoms with Crippen LogP contribution in [0.15, 0.2) is 6.33 Å². The van der Waals surface area contributed by atoms with E-state index in [1.54, 1.807) is 0 Å². The summed E-state index contributed by atoms with van der Waals surface area (Å²) in [4.78, 5) is 16.9. The Bertz CT molecular complexity index is 256. The van der Waals surface area contributed by atoms with Crippen LogP contribution in [0.3, 0.4) is 0 Å². The summed E-state index contributed by atoms with van der Waals surface area (Å²) in [5.74, 6) is 0.328. The van der Waals surface area contributed by atoms with Crippen molar-refractivity contribution in [3.8, 4) is 0 Å². The van der Waals surface area contributed by atoms with Gasteiger partial charge in [-0.2, -0.15) is 10.1 Å². The van der Waals surface area contributed by atoms with Gasteiger partial charge in [0.25, 0.3) is 0 Å². The molecule has 2 N–H and O–H groups in total. The second-order valence-corrected chi connectivity index (χ2v) is 2.94. The maximum Gasteiger partial charge on any atom is 0.228 e. The molecule has 0 aliphatic rings. The molecule has 0 radical (unpaired) electrons. The van der Waals surface area contributed by atoms with E-state index in [0.29, 0.717) is 12.4 Å². The quantitative estimate of drug-likeness (QED) is 0.671. The smallest absolute Gasteiger partial charge is 0.228 e. The van der Waals surface area contributed by atoms with Gasteiger partial charge in [0.2, 0.25) is 11.9 Å². The lowest BCUT2D eigenvalue weighted by atomic mass is 10.4. The van der Waals surface area contributed by atoms with Crippen molar-refractivity contribution in [2.45, 2.75) is 6.42 Å². The molecular formula is C7H13N5O. The third-order valence-electron chi connectivity index (χ3n) is 1.46. The Morgan fingerprint density at radius 3 is 3.00 bits per heavy atom. The van der Waals surface area contributed by atoms with E-state index in [-0.39, 0.29) is 5.91 Å². The molecule has 0 fully saturated rings. The summed E-state index contributed by atoms with van der Waals surface area (Å²) in [6, 6.07) is 0. The lowest BCUT2D eigenvalue weighted by Crippen LogP contribution is -2.21. The average molecular weight is 183 g/mol. The van der Waals surface area contributed by atoms with Crippen molar-refractivity contribution in [1.29, 1.82) is 0 Å². The van der Waals surface area contributed by atoms with Crippen molar-refractivity contribution in [3.05, 3.63) is 6.33 Å². The van der Waals surface area contributed by atoms with E-state index in [1.807, 2.05) is 19.0 Å². The summed E-state index contributed by atoms with van der Waals surface area (Å²) < 4.78 is 0. The molecule has 1 heterocycles. The first kappa shape index (κ1) is 9.66. The molecule has 13 heavy (non-hydrogen) atoms. The van der Waals surface area contributed by atoms with Gasteiger partial charge in [0, 0.05) is 13.0 Å². The Balaban J connectivity index is 2.26. The summed E-state index contributed by atoms with van der Waals surface area (Å²) in [7, 11) is 3.84. The van der Waals surface area contributed by atoms with Gasteiger partial charge in [-0.1, -0.05) is 0 Å². The highest BCUT2D eigenvalue weighted by atomic mass is 16.1. The fourth-order valence-corrected chi connectivity index (χ4v) is 0.785. The zero-order chi connectivity index (χ0) is 9.68. The van der Waals surface area contributed by atoms with Crippen LogP contribution in [0.1, 0.15) is 6.42 Å². The zero-order valence-corrected chi connectivity index (χ0v) is 7.74. The molecule has 0 aromatic carbocycles. The summed E-state index contributed by atoms with van der Waals surface area (Å²) in [6.07, 6.45) is 1.80. The van der Waals surface area contributed by atoms with Gasteiger partial charge in [-0.25, -0.2) is 5.10 Å². The number of carbonyl (C=O) groups is 1. The molecule has 0 atom stereocenters. The van der Waals surface area contributed by atoms with Gasteiger partial charge >= 0.3 is 0 Å². The monoisotopic (exact) mass is 183 g/mol. The first-order valence-corrected chi connectivity index (χ1v) is 3.98. The molecular weight excluding hydrogens is 170 g/mol. The number of hydrogen-bond acceptors (Lipinski definition) is 4. The van der Waals surface area contributed by atoms with Crippen LogP contribution in [-0.2, 0) is 4.79 Å². The maximum absolute atomic E-state index is 11.2. The van der Waals surface area contributed by atoms with E-state index < -0.39 is 0 Å². The number of hydrogen-bond donors (Lipinski definition) is 2. The maximum atomic E-state index is 11.2. The minimum Gasteiger partial charge on any atom is -0.309 e. The molecule has 0 spiro atoms. The van der Waals surface area contributed by atoms with Crippen LogP contribution in [-0.4, -0.2) is 46.6 Å². The Labute approximate surface area is 76.3 Å². The third kappa shape index (κ3) is 3.66. The van der Waals surface area contributed by atoms with E-state index in [4.69, 9.17) is 0 Å². The SMILES string of the molecule is CN(C)CCC(=O)Nc1ncn[nH]1. The lowest BCUT2D eigenvalue weighted by Gasteiger charge is -2.07. The lowest BCUT2D eigenvalue weighted by molar-refractivity contribution is -0.116. The van der Waals surface area contributed by atoms with Gasteiger partial charge in [-0.05, 0) is 14.1 Å². The second kappa shape index (κ2) is 4.56. The average Bonchev–Trinajstić information content (AvgIpc) is 2.53. The molecule has 0 aliphatic carbocycles. The summed E-state index contributed by atoms with van der Waals surface area (Å²) in [5.41, 5.74) is 0. The van der Waals surface area contributed by atoms with E-state index >= 15 is 0 Å². The highest BCUT2D eigenvalue weighted by Crippen LogP contribution is 1.94. The standard InChI is InChI=1S/C7H13N5O/c1-12(2)4-3-6(13)10-7-8-5-9-11-7/h5H,3-4H2,1-2H3,(H2,8,9,10,11,13). The number of amides is 1. The number of aromatic amines is 1. The minimum absolute atomic E-state index is 0.0644. The number of carbonyl (C=O) groups excluding carboxylic acids is 1. The van der Waals surface area contributed by atoms with E-state index in [1.165, 1.54) is 6.33 Å². The topological polar surface area (TPSA) is 73.9 Å². The number of aromatic nitrogens is 3. The number of nitrogens with one attached hydrogen (secondary N) is 2. The van der Waals surface area contributed by atoms with Gasteiger partial charge in [0.15, 0.2) is 0 Å². The van der Waals surface area contributed by atoms with Crippen LogP contribution in [0.2, 0.25) is 0 Å². The van der Waals surface area contributed by atoms with E-state index in [2.05, 4.69) is 20.5 Å². The van der Waals surface area contributed by atoms with Gasteiger partial charge in [-0.3, -0.25) is 10.1 Å². The molecule has 0 unspecified atom stereocenters. The normalized spacial score (nSPS) is 10.4. The fourth-order valence-electron chi connectivity index (χ4n) is 0.785. The van der Waals surface area contributed by atoms with Crippen LogP contribution < -0.4 is 5.32 Å². The van der Waals surface area contributed by atoms with Crippen molar-refractivity contribution >= 4 is 11.9 Å². The van der Waals surface area contributed by atoms with Crippen LogP contribution in [0, 0.1) is 0 Å². The van der Waals surface area contributed by atoms with Crippen molar-refractivity contribution in [2.75, 3.05) is 26.0 Å². The Morgan fingerprint density at radius 1 is 1.69 bits per heavy atom. The van der Waals surface area contributed by atoms with Crippen molar-refractivity contribution in [3.63, 3.8) is 0 Å². The fraction of sp³-hybridized carbons (Fsp3) is 0.571. The van der Waals surface area contributed by atoms with Gasteiger partial charge in [0.1, 0.15) is 6.33 Å². The van der Waals surface area contributed by atoms with Crippen LogP contribution in [0.4, 0.5) is 5.95 Å². The van der Waals surface area contributed by atoms with E-state index in [0.717, 1.165) is 6.54 Å². The Hall–Kier alpha value is -1.43. The molecule has 1 aromatic heterocycles. The molecule has 0 saturated heterocycles. The third-order valence-corrected chi connectivity index (χ3v) is 1.46. The van der Waals surface area contributed by atoms with Gasteiger partial charge in [0.05, 0.1) is 0 Å². The van der Waals surface area contributed by atoms with Crippen LogP contribution in [0.5, 0.6) is 0 Å². The Morgan fingerprint density at radius 2 is 2.46 bits per heavy atom. The Kier molecular flexibility index (Phi) is 3.39. The predicted molar refractivity (Wildman–Crippen MR) is 48.2 cm³/mol. The van der Waals surface area contributed by atoms with Gasteiger partial charge < -0.3 is 4.90 Å². The molecule has 1 amide bonds. The van der Waals surface area contributed by atoms with Crippen molar-refractivity contribution in [1.82, 2.24) is 20.1 Å². The number of rotatable bonds is 4. The molecule has 0 saturated carbocycles. The molecule has 6 nitrogen and oxygen atoms in total. The molecule has 1 aromatic rings. The zero-order valence-electron chi connectivity index (χ0n) is 7.74. The highest BCUT2D eigenvalue weighted by molar-refractivity contribution is 5.88. The molecule has 6 heteroatoms. The van der Waals surface area contributed by atoms with Crippen LogP contribution in [0.25, 0.3) is 0 Å². The number of H-pyrrole nitrogens is 1. The molecule has 0 bridgehead atoms. The summed E-state index contributed by atoms with van der Waals surface area (Å²) in [6.45, 7) is 0.722. The molecule has 0 aliphatic heterocycles. The molecule has 1 rings (SSSR count). The van der Waals surface area contributed by atoms with Gasteiger partial charge in [-0.15, -0.1) is 0 Å². The first-order valence-electron chi connectivity index (χ1n) is 3.98. The largest absolute Gasteiger partial charge is 0.309 e. The number of anilines is 1. The number of nitrogens with zero attached hydrogens (tertiary/aromatic N) is 3. The van der Waals surface area contributed by atoms with Crippen molar-refractivity contribution < 1.29 is 4.79 Å². The first-order chi connectivity index (χ1) is 6.18.